The molecular weight excluding hydrogens is 234 g/mol. The number of hydrogen-bond acceptors (Lipinski definition) is 4. The van der Waals surface area contributed by atoms with Crippen LogP contribution in [-0.4, -0.2) is 29.7 Å². The van der Waals surface area contributed by atoms with Crippen molar-refractivity contribution in [2.24, 2.45) is 0 Å². The van der Waals surface area contributed by atoms with Crippen LogP contribution >= 0.6 is 0 Å². The van der Waals surface area contributed by atoms with Crippen LogP contribution in [0, 0.1) is 0 Å². The van der Waals surface area contributed by atoms with Crippen molar-refractivity contribution in [3.8, 4) is 0 Å². The second-order valence-corrected chi connectivity index (χ2v) is 3.74. The molecule has 1 aromatic rings. The second-order valence-electron chi connectivity index (χ2n) is 3.74. The minimum Gasteiger partial charge on any atom is -0.480 e. The summed E-state index contributed by atoms with van der Waals surface area (Å²) in [5, 5.41) is 11.8. The summed E-state index contributed by atoms with van der Waals surface area (Å²) in [6.07, 6.45) is 0.457. The average Bonchev–Trinajstić information content (AvgIpc) is 2.36. The van der Waals surface area contributed by atoms with Crippen LogP contribution in [0.1, 0.15) is 30.6 Å². The van der Waals surface area contributed by atoms with Crippen LogP contribution in [0.2, 0.25) is 0 Å². The van der Waals surface area contributed by atoms with E-state index in [1.54, 1.807) is 38.1 Å². The predicted molar refractivity (Wildman–Crippen MR) is 67.7 cm³/mol. The smallest absolute Gasteiger partial charge is 0.338 e. The molecule has 0 heterocycles. The fraction of sp³-hybridized carbons (Fsp3) is 0.385. The summed E-state index contributed by atoms with van der Waals surface area (Å²) in [4.78, 5) is 22.4. The number of aliphatic carboxylic acids is 1. The zero-order valence-electron chi connectivity index (χ0n) is 10.5. The highest BCUT2D eigenvalue weighted by molar-refractivity contribution is 5.90. The van der Waals surface area contributed by atoms with Gasteiger partial charge < -0.3 is 15.2 Å². The highest BCUT2D eigenvalue weighted by Crippen LogP contribution is 2.14. The lowest BCUT2D eigenvalue weighted by Crippen LogP contribution is -2.28. The summed E-state index contributed by atoms with van der Waals surface area (Å²) in [6, 6.07) is 5.95. The van der Waals surface area contributed by atoms with Gasteiger partial charge in [-0.25, -0.2) is 9.59 Å². The second kappa shape index (κ2) is 6.64. The maximum Gasteiger partial charge on any atom is 0.338 e. The van der Waals surface area contributed by atoms with Crippen LogP contribution in [0.15, 0.2) is 24.3 Å². The molecule has 98 valence electrons. The van der Waals surface area contributed by atoms with Crippen molar-refractivity contribution < 1.29 is 19.4 Å². The van der Waals surface area contributed by atoms with E-state index in [1.807, 2.05) is 0 Å². The fourth-order valence-electron chi connectivity index (χ4n) is 1.49. The maximum atomic E-state index is 11.5. The van der Waals surface area contributed by atoms with Gasteiger partial charge in [0.25, 0.3) is 0 Å². The van der Waals surface area contributed by atoms with Gasteiger partial charge in [-0.2, -0.15) is 0 Å². The van der Waals surface area contributed by atoms with Gasteiger partial charge in [0.1, 0.15) is 6.04 Å². The van der Waals surface area contributed by atoms with Crippen LogP contribution in [-0.2, 0) is 9.53 Å². The number of nitrogens with one attached hydrogen (secondary N) is 1. The van der Waals surface area contributed by atoms with Crippen molar-refractivity contribution in [2.45, 2.75) is 26.3 Å². The number of rotatable bonds is 6. The van der Waals surface area contributed by atoms with Crippen LogP contribution in [0.3, 0.4) is 0 Å². The number of anilines is 1. The molecule has 0 fully saturated rings. The van der Waals surface area contributed by atoms with Gasteiger partial charge in [0.15, 0.2) is 0 Å². The number of carbonyl (C=O) groups is 2. The van der Waals surface area contributed by atoms with Crippen LogP contribution in [0.25, 0.3) is 0 Å². The van der Waals surface area contributed by atoms with Crippen LogP contribution < -0.4 is 5.32 Å². The molecule has 0 saturated carbocycles. The first-order valence-electron chi connectivity index (χ1n) is 5.85. The SMILES string of the molecule is CCOC(=O)c1cccc(NC(CC)C(=O)O)c1. The molecule has 1 unspecified atom stereocenters. The van der Waals surface area contributed by atoms with Crippen molar-refractivity contribution >= 4 is 17.6 Å². The number of benzene rings is 1. The molecule has 0 spiro atoms. The molecule has 0 bridgehead atoms. The van der Waals surface area contributed by atoms with E-state index >= 15 is 0 Å². The third kappa shape index (κ3) is 3.76. The lowest BCUT2D eigenvalue weighted by Gasteiger charge is -2.14. The Morgan fingerprint density at radius 2 is 2.11 bits per heavy atom. The summed E-state index contributed by atoms with van der Waals surface area (Å²) >= 11 is 0. The molecule has 0 amide bonds. The minimum atomic E-state index is -0.918. The average molecular weight is 251 g/mol. The third-order valence-corrected chi connectivity index (χ3v) is 2.42. The first-order valence-corrected chi connectivity index (χ1v) is 5.85. The minimum absolute atomic E-state index is 0.309. The van der Waals surface area contributed by atoms with E-state index in [-0.39, 0.29) is 0 Å². The van der Waals surface area contributed by atoms with E-state index in [1.165, 1.54) is 0 Å². The highest BCUT2D eigenvalue weighted by Gasteiger charge is 2.15. The Morgan fingerprint density at radius 1 is 1.39 bits per heavy atom. The van der Waals surface area contributed by atoms with Crippen molar-refractivity contribution in [2.75, 3.05) is 11.9 Å². The summed E-state index contributed by atoms with van der Waals surface area (Å²) in [6.45, 7) is 3.82. The third-order valence-electron chi connectivity index (χ3n) is 2.42. The Morgan fingerprint density at radius 3 is 2.67 bits per heavy atom. The van der Waals surface area contributed by atoms with Crippen molar-refractivity contribution in [3.05, 3.63) is 29.8 Å². The van der Waals surface area contributed by atoms with Crippen molar-refractivity contribution in [1.29, 1.82) is 0 Å². The topological polar surface area (TPSA) is 75.6 Å². The summed E-state index contributed by atoms with van der Waals surface area (Å²) in [7, 11) is 0. The van der Waals surface area contributed by atoms with E-state index in [2.05, 4.69) is 5.32 Å². The van der Waals surface area contributed by atoms with Gasteiger partial charge in [-0.3, -0.25) is 0 Å². The monoisotopic (exact) mass is 251 g/mol. The van der Waals surface area contributed by atoms with Gasteiger partial charge in [0.2, 0.25) is 0 Å². The van der Waals surface area contributed by atoms with E-state index in [0.717, 1.165) is 0 Å². The molecule has 0 aliphatic heterocycles. The lowest BCUT2D eigenvalue weighted by atomic mass is 10.1. The molecule has 5 nitrogen and oxygen atoms in total. The molecule has 0 aliphatic carbocycles. The Hall–Kier alpha value is -2.04. The zero-order valence-corrected chi connectivity index (χ0v) is 10.5. The Balaban J connectivity index is 2.81. The Labute approximate surface area is 106 Å². The molecule has 0 aromatic heterocycles. The maximum absolute atomic E-state index is 11.5. The van der Waals surface area contributed by atoms with Gasteiger partial charge in [-0.15, -0.1) is 0 Å². The quantitative estimate of drug-likeness (QED) is 0.757. The number of carboxylic acids is 1. The standard InChI is InChI=1S/C13H17NO4/c1-3-11(12(15)16)14-10-7-5-6-9(8-10)13(17)18-4-2/h5-8,11,14H,3-4H2,1-2H3,(H,15,16). The molecule has 0 radical (unpaired) electrons. The van der Waals surface area contributed by atoms with Crippen LogP contribution in [0.5, 0.6) is 0 Å². The molecule has 0 aliphatic rings. The van der Waals surface area contributed by atoms with Gasteiger partial charge >= 0.3 is 11.9 Å². The first-order chi connectivity index (χ1) is 8.58. The fourth-order valence-corrected chi connectivity index (χ4v) is 1.49. The number of carbonyl (C=O) groups excluding carboxylic acids is 1. The summed E-state index contributed by atoms with van der Waals surface area (Å²) in [5.74, 6) is -1.33. The van der Waals surface area contributed by atoms with Gasteiger partial charge in [0, 0.05) is 5.69 Å². The number of esters is 1. The largest absolute Gasteiger partial charge is 0.480 e. The van der Waals surface area contributed by atoms with E-state index in [9.17, 15) is 9.59 Å². The van der Waals surface area contributed by atoms with E-state index in [4.69, 9.17) is 9.84 Å². The molecule has 2 N–H and O–H groups in total. The summed E-state index contributed by atoms with van der Waals surface area (Å²) in [5.41, 5.74) is 0.997. The molecule has 1 atom stereocenters. The zero-order chi connectivity index (χ0) is 13.5. The highest BCUT2D eigenvalue weighted by atomic mass is 16.5. The number of hydrogen-bond donors (Lipinski definition) is 2. The van der Waals surface area contributed by atoms with Gasteiger partial charge in [-0.1, -0.05) is 13.0 Å². The number of ether oxygens (including phenoxy) is 1. The van der Waals surface area contributed by atoms with Crippen LogP contribution in [0.4, 0.5) is 5.69 Å². The predicted octanol–water partition coefficient (Wildman–Crippen LogP) is 2.14. The molecular formula is C13H17NO4. The Bertz CT molecular complexity index is 431. The lowest BCUT2D eigenvalue weighted by molar-refractivity contribution is -0.137. The molecule has 0 saturated heterocycles. The van der Waals surface area contributed by atoms with E-state index < -0.39 is 18.0 Å². The molecule has 1 rings (SSSR count). The van der Waals surface area contributed by atoms with Crippen molar-refractivity contribution in [1.82, 2.24) is 0 Å². The molecule has 1 aromatic carbocycles. The van der Waals surface area contributed by atoms with Gasteiger partial charge in [-0.05, 0) is 31.5 Å². The van der Waals surface area contributed by atoms with Gasteiger partial charge in [0.05, 0.1) is 12.2 Å². The number of carboxylic acid groups (broad SMARTS) is 1. The Kier molecular flexibility index (Phi) is 5.17. The normalized spacial score (nSPS) is 11.7. The van der Waals surface area contributed by atoms with E-state index in [0.29, 0.717) is 24.3 Å². The molecule has 18 heavy (non-hydrogen) atoms. The first kappa shape index (κ1) is 14.0. The van der Waals surface area contributed by atoms with Crippen molar-refractivity contribution in [3.63, 3.8) is 0 Å². The summed E-state index contributed by atoms with van der Waals surface area (Å²) < 4.78 is 4.88. The molecule has 5 heteroatoms.